The van der Waals surface area contributed by atoms with Crippen LogP contribution in [0.4, 0.5) is 0 Å². The molecule has 0 aromatic carbocycles. The van der Waals surface area contributed by atoms with Gasteiger partial charge >= 0.3 is 0 Å². The number of likely N-dealkylation sites (N-methyl/N-ethyl adjacent to an activating group) is 1. The molecule has 1 fully saturated rings. The van der Waals surface area contributed by atoms with Gasteiger partial charge in [-0.3, -0.25) is 4.99 Å². The van der Waals surface area contributed by atoms with Crippen LogP contribution >= 0.6 is 24.0 Å². The average molecular weight is 498 g/mol. The highest BCUT2D eigenvalue weighted by molar-refractivity contribution is 14.0. The predicted octanol–water partition coefficient (Wildman–Crippen LogP) is 2.64. The Bertz CT molecular complexity index is 373. The minimum atomic E-state index is 0. The van der Waals surface area contributed by atoms with Gasteiger partial charge < -0.3 is 25.2 Å². The average Bonchev–Trinajstić information content (AvgIpc) is 2.65. The van der Waals surface area contributed by atoms with Crippen molar-refractivity contribution in [3.63, 3.8) is 0 Å². The fraction of sp³-hybridized carbons (Fsp3) is 0.950. The Morgan fingerprint density at radius 2 is 1.63 bits per heavy atom. The van der Waals surface area contributed by atoms with E-state index in [0.29, 0.717) is 12.0 Å². The maximum absolute atomic E-state index is 5.80. The number of aliphatic imine (C=N–C) groups is 1. The quantitative estimate of drug-likeness (QED) is 0.188. The fourth-order valence-corrected chi connectivity index (χ4v) is 3.37. The molecule has 162 valence electrons. The van der Waals surface area contributed by atoms with E-state index in [2.05, 4.69) is 53.1 Å². The molecular formula is C20H44IN5O. The van der Waals surface area contributed by atoms with E-state index in [-0.39, 0.29) is 24.0 Å². The standard InChI is InChI=1S/C20H43N5O.HI/c1-6-24-14-16-25(17-15-24)13-9-8-11-22-20(21-5)23-12-10-19(18(3)4)26-7-2;/h18-19H,6-17H2,1-5H3,(H2,21,22,23);1H. The van der Waals surface area contributed by atoms with Crippen LogP contribution < -0.4 is 10.6 Å². The largest absolute Gasteiger partial charge is 0.378 e. The molecule has 0 aromatic rings. The van der Waals surface area contributed by atoms with Gasteiger partial charge in [-0.15, -0.1) is 24.0 Å². The van der Waals surface area contributed by atoms with E-state index in [1.165, 1.54) is 52.1 Å². The second kappa shape index (κ2) is 16.8. The summed E-state index contributed by atoms with van der Waals surface area (Å²) < 4.78 is 5.80. The number of guanidine groups is 1. The van der Waals surface area contributed by atoms with E-state index in [1.807, 2.05) is 7.05 Å². The number of piperazine rings is 1. The summed E-state index contributed by atoms with van der Waals surface area (Å²) in [5.74, 6) is 1.45. The molecule has 2 N–H and O–H groups in total. The third-order valence-corrected chi connectivity index (χ3v) is 5.17. The zero-order chi connectivity index (χ0) is 19.2. The molecule has 1 saturated heterocycles. The van der Waals surface area contributed by atoms with Crippen molar-refractivity contribution in [3.05, 3.63) is 0 Å². The molecule has 0 bridgehead atoms. The minimum absolute atomic E-state index is 0. The van der Waals surface area contributed by atoms with Gasteiger partial charge in [0.25, 0.3) is 0 Å². The van der Waals surface area contributed by atoms with Crippen molar-refractivity contribution < 1.29 is 4.74 Å². The number of ether oxygens (including phenoxy) is 1. The van der Waals surface area contributed by atoms with E-state index in [1.54, 1.807) is 0 Å². The maximum Gasteiger partial charge on any atom is 0.190 e. The molecule has 0 radical (unpaired) electrons. The van der Waals surface area contributed by atoms with Gasteiger partial charge in [-0.05, 0) is 45.2 Å². The van der Waals surface area contributed by atoms with Crippen LogP contribution in [0, 0.1) is 5.92 Å². The summed E-state index contributed by atoms with van der Waals surface area (Å²) >= 11 is 0. The van der Waals surface area contributed by atoms with Gasteiger partial charge in [0, 0.05) is 52.9 Å². The normalized spacial score (nSPS) is 17.6. The van der Waals surface area contributed by atoms with Gasteiger partial charge in [0.05, 0.1) is 6.10 Å². The van der Waals surface area contributed by atoms with Gasteiger partial charge in [-0.2, -0.15) is 0 Å². The molecule has 0 aliphatic carbocycles. The second-order valence-electron chi connectivity index (χ2n) is 7.44. The lowest BCUT2D eigenvalue weighted by Crippen LogP contribution is -2.46. The van der Waals surface area contributed by atoms with Crippen molar-refractivity contribution in [1.29, 1.82) is 0 Å². The third kappa shape index (κ3) is 12.1. The van der Waals surface area contributed by atoms with Crippen LogP contribution in [0.15, 0.2) is 4.99 Å². The van der Waals surface area contributed by atoms with Crippen LogP contribution in [-0.4, -0.2) is 87.9 Å². The Kier molecular flexibility index (Phi) is 16.7. The topological polar surface area (TPSA) is 52.1 Å². The summed E-state index contributed by atoms with van der Waals surface area (Å²) in [5, 5.41) is 6.84. The van der Waals surface area contributed by atoms with E-state index in [4.69, 9.17) is 4.74 Å². The molecule has 1 rings (SSSR count). The summed E-state index contributed by atoms with van der Waals surface area (Å²) in [5.41, 5.74) is 0. The van der Waals surface area contributed by atoms with Crippen LogP contribution in [0.2, 0.25) is 0 Å². The zero-order valence-electron chi connectivity index (χ0n) is 18.3. The Morgan fingerprint density at radius 1 is 1.00 bits per heavy atom. The number of unbranched alkanes of at least 4 members (excludes halogenated alkanes) is 1. The van der Waals surface area contributed by atoms with Crippen LogP contribution in [0.3, 0.4) is 0 Å². The Balaban J connectivity index is 0.00000676. The molecule has 1 aliphatic rings. The summed E-state index contributed by atoms with van der Waals surface area (Å²) in [7, 11) is 1.84. The van der Waals surface area contributed by atoms with Gasteiger partial charge in [0.1, 0.15) is 0 Å². The highest BCUT2D eigenvalue weighted by Gasteiger charge is 2.15. The van der Waals surface area contributed by atoms with E-state index >= 15 is 0 Å². The first-order valence-electron chi connectivity index (χ1n) is 10.6. The minimum Gasteiger partial charge on any atom is -0.378 e. The van der Waals surface area contributed by atoms with Crippen molar-refractivity contribution in [1.82, 2.24) is 20.4 Å². The number of nitrogens with one attached hydrogen (secondary N) is 2. The number of rotatable bonds is 12. The van der Waals surface area contributed by atoms with E-state index in [9.17, 15) is 0 Å². The summed E-state index contributed by atoms with van der Waals surface area (Å²) in [4.78, 5) is 9.45. The molecule has 27 heavy (non-hydrogen) atoms. The molecule has 0 aromatic heterocycles. The second-order valence-corrected chi connectivity index (χ2v) is 7.44. The van der Waals surface area contributed by atoms with E-state index < -0.39 is 0 Å². The monoisotopic (exact) mass is 497 g/mol. The van der Waals surface area contributed by atoms with Crippen LogP contribution in [0.25, 0.3) is 0 Å². The van der Waals surface area contributed by atoms with Crippen molar-refractivity contribution >= 4 is 29.9 Å². The van der Waals surface area contributed by atoms with Crippen molar-refractivity contribution in [3.8, 4) is 0 Å². The Morgan fingerprint density at radius 3 is 2.19 bits per heavy atom. The highest BCUT2D eigenvalue weighted by atomic mass is 127. The summed E-state index contributed by atoms with van der Waals surface area (Å²) in [6.45, 7) is 18.7. The van der Waals surface area contributed by atoms with Crippen molar-refractivity contribution in [2.24, 2.45) is 10.9 Å². The molecule has 1 atom stereocenters. The first-order chi connectivity index (χ1) is 12.6. The predicted molar refractivity (Wildman–Crippen MR) is 127 cm³/mol. The summed E-state index contributed by atoms with van der Waals surface area (Å²) in [6, 6.07) is 0. The van der Waals surface area contributed by atoms with Crippen molar-refractivity contribution in [2.75, 3.05) is 66.0 Å². The number of halogens is 1. The van der Waals surface area contributed by atoms with Gasteiger partial charge in [-0.1, -0.05) is 20.8 Å². The number of nitrogens with zero attached hydrogens (tertiary/aromatic N) is 3. The molecule has 0 saturated carbocycles. The van der Waals surface area contributed by atoms with Gasteiger partial charge in [0.2, 0.25) is 0 Å². The lowest BCUT2D eigenvalue weighted by Gasteiger charge is -2.34. The highest BCUT2D eigenvalue weighted by Crippen LogP contribution is 2.09. The fourth-order valence-electron chi connectivity index (χ4n) is 3.37. The molecule has 7 heteroatoms. The third-order valence-electron chi connectivity index (χ3n) is 5.17. The Hall–Kier alpha value is -0.120. The molecule has 6 nitrogen and oxygen atoms in total. The lowest BCUT2D eigenvalue weighted by atomic mass is 10.0. The van der Waals surface area contributed by atoms with E-state index in [0.717, 1.165) is 32.1 Å². The van der Waals surface area contributed by atoms with Crippen LogP contribution in [0.5, 0.6) is 0 Å². The SMILES string of the molecule is CCOC(CCNC(=NC)NCCCCN1CCN(CC)CC1)C(C)C.I. The smallest absolute Gasteiger partial charge is 0.190 e. The number of hydrogen-bond acceptors (Lipinski definition) is 4. The Labute approximate surface area is 184 Å². The molecular weight excluding hydrogens is 453 g/mol. The van der Waals surface area contributed by atoms with Crippen molar-refractivity contribution in [2.45, 2.75) is 53.1 Å². The zero-order valence-corrected chi connectivity index (χ0v) is 20.6. The molecule has 1 aliphatic heterocycles. The van der Waals surface area contributed by atoms with Gasteiger partial charge in [-0.25, -0.2) is 0 Å². The molecule has 0 amide bonds. The molecule has 1 unspecified atom stereocenters. The summed E-state index contributed by atoms with van der Waals surface area (Å²) in [6.07, 6.45) is 3.76. The van der Waals surface area contributed by atoms with Crippen LogP contribution in [-0.2, 0) is 4.74 Å². The maximum atomic E-state index is 5.80. The number of hydrogen-bond donors (Lipinski definition) is 2. The first kappa shape index (κ1) is 26.9. The first-order valence-corrected chi connectivity index (χ1v) is 10.6. The van der Waals surface area contributed by atoms with Crippen LogP contribution in [0.1, 0.15) is 47.0 Å². The molecule has 1 heterocycles. The lowest BCUT2D eigenvalue weighted by molar-refractivity contribution is 0.0258. The van der Waals surface area contributed by atoms with Gasteiger partial charge in [0.15, 0.2) is 5.96 Å². The molecule has 0 spiro atoms.